The molecule has 15 nitrogen and oxygen atoms in total. The summed E-state index contributed by atoms with van der Waals surface area (Å²) in [6.45, 7) is 1.99. The minimum Gasteiger partial charge on any atom is -0.504 e. The molecule has 9 N–H and O–H groups in total. The average molecular weight is 635 g/mol. The number of benzene rings is 4. The number of carboxylic acid groups (broad SMARTS) is 2. The Labute approximate surface area is 254 Å². The van der Waals surface area contributed by atoms with E-state index in [0.29, 0.717) is 0 Å². The van der Waals surface area contributed by atoms with Gasteiger partial charge in [-0.15, -0.1) is 0 Å². The van der Waals surface area contributed by atoms with Crippen molar-refractivity contribution in [1.29, 1.82) is 0 Å². The van der Waals surface area contributed by atoms with Gasteiger partial charge in [0.15, 0.2) is 39.9 Å². The molecular weight excluding hydrogens is 612 g/mol. The molecule has 0 radical (unpaired) electrons. The summed E-state index contributed by atoms with van der Waals surface area (Å²) >= 11 is 0. The second-order valence-corrected chi connectivity index (χ2v) is 9.52. The third-order valence-electron chi connectivity index (χ3n) is 6.36. The summed E-state index contributed by atoms with van der Waals surface area (Å²) in [4.78, 5) is 44.5. The Hall–Kier alpha value is -6.90. The highest BCUT2D eigenvalue weighted by Gasteiger charge is 2.25. The molecule has 15 heteroatoms. The van der Waals surface area contributed by atoms with E-state index in [-0.39, 0.29) is 27.1 Å². The maximum atomic E-state index is 12.0. The topological polar surface area (TPSA) is 277 Å². The number of aliphatic carboxylic acids is 1. The molecular formula is C31H22O15. The summed E-state index contributed by atoms with van der Waals surface area (Å²) < 4.78 is 9.87. The zero-order valence-electron chi connectivity index (χ0n) is 23.2. The number of carboxylic acids is 2. The summed E-state index contributed by atoms with van der Waals surface area (Å²) in [7, 11) is 0. The standard InChI is InChI=1S/C14H6O8.C10H10O2.C7H6O5/c15-5-1-3-7-8-4(14(20)22-11(7)9(5)17)2-6(16)10(18)12(8)21-13(3)19;1-8-2-4-9(5-3-8)6-7-10(11)12;8-4-1-3(7(11)12)2-5(9)6(4)10/h1-2,15-18H;2-7H,1H3,(H,11,12);1-2,8-10H,(H,11,12)/b;7-6+;. The van der Waals surface area contributed by atoms with Gasteiger partial charge in [0.05, 0.1) is 16.3 Å². The molecule has 0 saturated carbocycles. The number of hydrogen-bond acceptors (Lipinski definition) is 13. The van der Waals surface area contributed by atoms with E-state index in [1.54, 1.807) is 6.08 Å². The molecule has 0 unspecified atom stereocenters. The molecule has 2 aromatic heterocycles. The van der Waals surface area contributed by atoms with Crippen LogP contribution in [0.3, 0.4) is 0 Å². The van der Waals surface area contributed by atoms with E-state index in [1.165, 1.54) is 5.56 Å². The lowest BCUT2D eigenvalue weighted by atomic mass is 10.0. The number of phenolic OH excluding ortho intramolecular Hbond substituents is 7. The summed E-state index contributed by atoms with van der Waals surface area (Å²) in [6.07, 6.45) is 2.70. The van der Waals surface area contributed by atoms with Gasteiger partial charge in [-0.3, -0.25) is 0 Å². The average Bonchev–Trinajstić information content (AvgIpc) is 3.00. The molecule has 4 aromatic carbocycles. The molecule has 0 aliphatic carbocycles. The molecule has 0 fully saturated rings. The molecule has 0 amide bonds. The predicted molar refractivity (Wildman–Crippen MR) is 160 cm³/mol. The summed E-state index contributed by atoms with van der Waals surface area (Å²) in [5.74, 6) is -7.00. The lowest BCUT2D eigenvalue weighted by Crippen LogP contribution is -2.06. The third-order valence-corrected chi connectivity index (χ3v) is 6.36. The van der Waals surface area contributed by atoms with E-state index >= 15 is 0 Å². The van der Waals surface area contributed by atoms with Crippen LogP contribution in [0.5, 0.6) is 40.2 Å². The van der Waals surface area contributed by atoms with Crippen molar-refractivity contribution in [3.63, 3.8) is 0 Å². The number of hydrogen-bond donors (Lipinski definition) is 9. The first kappa shape index (κ1) is 32.0. The Morgan fingerprint density at radius 3 is 1.43 bits per heavy atom. The van der Waals surface area contributed by atoms with Crippen LogP contribution in [0.25, 0.3) is 38.8 Å². The number of rotatable bonds is 3. The second-order valence-electron chi connectivity index (χ2n) is 9.52. The minimum atomic E-state index is -1.29. The quantitative estimate of drug-likeness (QED) is 0.0577. The number of phenols is 7. The lowest BCUT2D eigenvalue weighted by molar-refractivity contribution is -0.131. The van der Waals surface area contributed by atoms with E-state index < -0.39 is 74.6 Å². The molecule has 0 saturated heterocycles. The van der Waals surface area contributed by atoms with E-state index in [0.717, 1.165) is 35.9 Å². The molecule has 46 heavy (non-hydrogen) atoms. The highest BCUT2D eigenvalue weighted by atomic mass is 16.4. The zero-order valence-corrected chi connectivity index (χ0v) is 23.2. The fourth-order valence-corrected chi connectivity index (χ4v) is 4.15. The monoisotopic (exact) mass is 634 g/mol. The summed E-state index contributed by atoms with van der Waals surface area (Å²) in [6, 6.07) is 11.3. The van der Waals surface area contributed by atoms with Gasteiger partial charge in [0.2, 0.25) is 11.5 Å². The first-order valence-corrected chi connectivity index (χ1v) is 12.7. The van der Waals surface area contributed by atoms with Crippen molar-refractivity contribution in [3.8, 4) is 40.2 Å². The molecule has 6 rings (SSSR count). The first-order chi connectivity index (χ1) is 21.6. The van der Waals surface area contributed by atoms with Gasteiger partial charge in [0, 0.05) is 16.8 Å². The van der Waals surface area contributed by atoms with Gasteiger partial charge in [-0.25, -0.2) is 19.2 Å². The van der Waals surface area contributed by atoms with Crippen molar-refractivity contribution >= 4 is 50.7 Å². The van der Waals surface area contributed by atoms with Crippen molar-refractivity contribution in [1.82, 2.24) is 0 Å². The van der Waals surface area contributed by atoms with Crippen LogP contribution < -0.4 is 11.3 Å². The highest BCUT2D eigenvalue weighted by molar-refractivity contribution is 6.22. The van der Waals surface area contributed by atoms with Crippen LogP contribution in [0.2, 0.25) is 0 Å². The largest absolute Gasteiger partial charge is 0.504 e. The normalized spacial score (nSPS) is 10.9. The smallest absolute Gasteiger partial charge is 0.344 e. The van der Waals surface area contributed by atoms with Gasteiger partial charge in [-0.1, -0.05) is 29.8 Å². The van der Waals surface area contributed by atoms with Crippen LogP contribution in [0.15, 0.2) is 73.0 Å². The molecule has 0 bridgehead atoms. The maximum Gasteiger partial charge on any atom is 0.344 e. The van der Waals surface area contributed by atoms with Gasteiger partial charge >= 0.3 is 23.2 Å². The fourth-order valence-electron chi connectivity index (χ4n) is 4.15. The van der Waals surface area contributed by atoms with Crippen molar-refractivity contribution in [3.05, 3.63) is 92.1 Å². The molecule has 0 atom stereocenters. The Balaban J connectivity index is 0.000000171. The fraction of sp³-hybridized carbons (Fsp3) is 0.0323. The maximum absolute atomic E-state index is 12.0. The van der Waals surface area contributed by atoms with Crippen LogP contribution in [0, 0.1) is 6.92 Å². The van der Waals surface area contributed by atoms with Crippen molar-refractivity contribution < 1.29 is 64.4 Å². The van der Waals surface area contributed by atoms with E-state index in [1.807, 2.05) is 31.2 Å². The van der Waals surface area contributed by atoms with Crippen LogP contribution in [0.4, 0.5) is 0 Å². The van der Waals surface area contributed by atoms with Gasteiger partial charge in [-0.2, -0.15) is 0 Å². The van der Waals surface area contributed by atoms with Crippen LogP contribution in [0.1, 0.15) is 21.5 Å². The molecule has 2 heterocycles. The number of aromatic hydroxyl groups is 7. The lowest BCUT2D eigenvalue weighted by Gasteiger charge is -2.10. The Kier molecular flexibility index (Phi) is 8.61. The van der Waals surface area contributed by atoms with Crippen molar-refractivity contribution in [2.24, 2.45) is 0 Å². The van der Waals surface area contributed by atoms with Gasteiger partial charge in [0.1, 0.15) is 0 Å². The Bertz CT molecular complexity index is 2160. The molecule has 0 spiro atoms. The molecule has 0 aliphatic heterocycles. The molecule has 6 aromatic rings. The number of carbonyl (C=O) groups is 2. The first-order valence-electron chi connectivity index (χ1n) is 12.7. The molecule has 0 aliphatic rings. The van der Waals surface area contributed by atoms with Crippen molar-refractivity contribution in [2.45, 2.75) is 6.92 Å². The van der Waals surface area contributed by atoms with E-state index in [9.17, 15) is 39.6 Å². The summed E-state index contributed by atoms with van der Waals surface area (Å²) in [5.41, 5.74) is -0.910. The number of aryl methyl sites for hydroxylation is 1. The summed E-state index contributed by atoms with van der Waals surface area (Å²) in [5, 5.41) is 82.0. The van der Waals surface area contributed by atoms with Gasteiger partial charge in [-0.05, 0) is 42.8 Å². The van der Waals surface area contributed by atoms with Gasteiger partial charge < -0.3 is 54.8 Å². The SMILES string of the molecule is Cc1ccc(/C=C/C(=O)O)cc1.O=C(O)c1cc(O)c(O)c(O)c1.O=c1oc2c(O)c(O)cc3c(=O)oc4c(O)c(O)cc1c4c23. The molecule has 236 valence electrons. The third kappa shape index (κ3) is 6.23. The van der Waals surface area contributed by atoms with E-state index in [4.69, 9.17) is 34.4 Å². The second kappa shape index (κ2) is 12.4. The number of aromatic carboxylic acids is 1. The minimum absolute atomic E-state index is 0.00597. The van der Waals surface area contributed by atoms with Crippen LogP contribution in [-0.2, 0) is 4.79 Å². The van der Waals surface area contributed by atoms with Crippen LogP contribution in [-0.4, -0.2) is 57.9 Å². The van der Waals surface area contributed by atoms with Crippen LogP contribution >= 0.6 is 0 Å². The van der Waals surface area contributed by atoms with E-state index in [2.05, 4.69) is 0 Å². The highest BCUT2D eigenvalue weighted by Crippen LogP contribution is 2.44. The Morgan fingerprint density at radius 1 is 0.630 bits per heavy atom. The van der Waals surface area contributed by atoms with Gasteiger partial charge in [0.25, 0.3) is 0 Å². The zero-order chi connectivity index (χ0) is 34.0. The van der Waals surface area contributed by atoms with Crippen molar-refractivity contribution in [2.75, 3.05) is 0 Å². The Morgan fingerprint density at radius 2 is 1.04 bits per heavy atom. The predicted octanol–water partition coefficient (Wildman–Crippen LogP) is 3.91.